The van der Waals surface area contributed by atoms with Gasteiger partial charge in [-0.1, -0.05) is 173 Å². The highest BCUT2D eigenvalue weighted by atomic mass is 16.8. The molecule has 4 saturated heterocycles. The van der Waals surface area contributed by atoms with Crippen LogP contribution in [0.4, 0.5) is 0 Å². The molecule has 0 amide bonds. The van der Waals surface area contributed by atoms with Gasteiger partial charge in [-0.3, -0.25) is 0 Å². The van der Waals surface area contributed by atoms with Gasteiger partial charge in [-0.25, -0.2) is 24.0 Å². The Balaban J connectivity index is 1.32. The van der Waals surface area contributed by atoms with Gasteiger partial charge in [-0.05, 0) is 99.9 Å². The van der Waals surface area contributed by atoms with Crippen LogP contribution in [0.15, 0.2) is 121 Å². The average Bonchev–Trinajstić information content (AvgIpc) is 0.761. The Morgan fingerprint density at radius 3 is 0.955 bits per heavy atom. The van der Waals surface area contributed by atoms with Crippen LogP contribution in [0.2, 0.25) is 0 Å². The molecule has 0 aliphatic carbocycles. The molecule has 0 radical (unpaired) electrons. The molecule has 0 spiro atoms. The van der Waals surface area contributed by atoms with Gasteiger partial charge in [0.2, 0.25) is 0 Å². The number of carbonyl (C=O) groups excluding carboxylic acids is 5. The summed E-state index contributed by atoms with van der Waals surface area (Å²) in [6.07, 6.45) is -18.1. The topological polar surface area (TPSA) is 290 Å². The van der Waals surface area contributed by atoms with E-state index in [1.165, 1.54) is 48.5 Å². The van der Waals surface area contributed by atoms with E-state index in [4.69, 9.17) is 94.7 Å². The molecular formula is C84H120O26. The van der Waals surface area contributed by atoms with E-state index in [0.717, 1.165) is 64.9 Å². The number of benzene rings is 4. The Morgan fingerprint density at radius 1 is 0.309 bits per heavy atom. The first-order chi connectivity index (χ1) is 53.7. The number of hydrogen-bond acceptors (Lipinski definition) is 26. The smallest absolute Gasteiger partial charge is 0.338 e. The number of rotatable bonds is 49. The summed E-state index contributed by atoms with van der Waals surface area (Å²) in [5.41, 5.74) is 0.170. The molecule has 0 aromatic heterocycles. The maximum absolute atomic E-state index is 15.3. The van der Waals surface area contributed by atoms with E-state index >= 15 is 9.59 Å². The lowest BCUT2D eigenvalue weighted by Crippen LogP contribution is -2.69. The lowest BCUT2D eigenvalue weighted by atomic mass is 9.94. The molecule has 4 aliphatic heterocycles. The first-order valence-electron chi connectivity index (χ1n) is 40.0. The molecule has 4 aliphatic rings. The van der Waals surface area contributed by atoms with Crippen molar-refractivity contribution in [3.05, 3.63) is 144 Å². The monoisotopic (exact) mass is 1540 g/mol. The first kappa shape index (κ1) is 89.1. The molecule has 4 aromatic carbocycles. The highest BCUT2D eigenvalue weighted by molar-refractivity contribution is 5.91. The molecule has 4 heterocycles. The molecule has 4 fully saturated rings. The molecule has 612 valence electrons. The summed E-state index contributed by atoms with van der Waals surface area (Å²) in [5.74, 6) is -5.02. The fourth-order valence-corrected chi connectivity index (χ4v) is 12.9. The summed E-state index contributed by atoms with van der Waals surface area (Å²) >= 11 is 0. The standard InChI is InChI=1S/C84H120O26/c1-10-18-46-92-53-60-64(69(95-49-21-13-4)72(97-51-23-15-6)81(100-60)99-45-17-8)107-82-73(98-52-24-16-7)70(96-50-22-14-5)65(61(101-82)54-93-47-19-11-2)108-83-75(106-79(89)59-43-35-28-36-44-59)71(104-77(87)57-39-31-26-32-40-57)66(62(102-83)55-94-48-20-12-3)109-84-74(105-78(88)58-41-33-27-34-42-58)67(63(85)68(110-84)80(90)91-9)103-76(86)56-37-29-25-30-38-56/h25-44,60-75,81-85H,10-24,45-55H2,1-9H3/t60?,61?,62?,63-,64-,65+,66+,67?,68?,69-,70-,71?,72?,73?,74-,75-,81-,82+,83-,84+/m0/s1. The van der Waals surface area contributed by atoms with E-state index in [-0.39, 0.29) is 61.9 Å². The van der Waals surface area contributed by atoms with Gasteiger partial charge in [0, 0.05) is 52.9 Å². The first-order valence-corrected chi connectivity index (χ1v) is 40.0. The van der Waals surface area contributed by atoms with Crippen molar-refractivity contribution in [2.75, 3.05) is 79.8 Å². The van der Waals surface area contributed by atoms with Crippen molar-refractivity contribution in [1.82, 2.24) is 0 Å². The Kier molecular flexibility index (Phi) is 39.9. The fourth-order valence-electron chi connectivity index (χ4n) is 12.9. The normalized spacial score (nSPS) is 28.2. The largest absolute Gasteiger partial charge is 0.467 e. The van der Waals surface area contributed by atoms with Crippen LogP contribution in [0, 0.1) is 0 Å². The molecule has 20 atom stereocenters. The van der Waals surface area contributed by atoms with Gasteiger partial charge in [0.25, 0.3) is 0 Å². The van der Waals surface area contributed by atoms with Crippen LogP contribution < -0.4 is 0 Å². The molecular weight excluding hydrogens is 1420 g/mol. The Bertz CT molecular complexity index is 3210. The minimum Gasteiger partial charge on any atom is -0.467 e. The number of aliphatic hydroxyl groups excluding tert-OH is 1. The Morgan fingerprint density at radius 2 is 0.600 bits per heavy atom. The number of ether oxygens (including phenoxy) is 20. The number of unbranched alkanes of at least 4 members (excludes halogenated alkanes) is 7. The van der Waals surface area contributed by atoms with Crippen molar-refractivity contribution < 1.29 is 124 Å². The van der Waals surface area contributed by atoms with Crippen LogP contribution in [0.25, 0.3) is 0 Å². The van der Waals surface area contributed by atoms with Gasteiger partial charge in [-0.15, -0.1) is 0 Å². The van der Waals surface area contributed by atoms with E-state index in [9.17, 15) is 19.5 Å². The predicted octanol–water partition coefficient (Wildman–Crippen LogP) is 12.1. The molecule has 8 rings (SSSR count). The highest BCUT2D eigenvalue weighted by Gasteiger charge is 2.61. The molecule has 4 aromatic rings. The van der Waals surface area contributed by atoms with Gasteiger partial charge < -0.3 is 99.8 Å². The van der Waals surface area contributed by atoms with Crippen molar-refractivity contribution in [3.8, 4) is 0 Å². The minimum absolute atomic E-state index is 0.0238. The van der Waals surface area contributed by atoms with Crippen molar-refractivity contribution in [2.24, 2.45) is 0 Å². The maximum atomic E-state index is 15.3. The zero-order valence-corrected chi connectivity index (χ0v) is 65.6. The Labute approximate surface area is 648 Å². The zero-order valence-electron chi connectivity index (χ0n) is 65.6. The van der Waals surface area contributed by atoms with Crippen LogP contribution in [-0.4, -0.2) is 238 Å². The third-order valence-corrected chi connectivity index (χ3v) is 19.1. The third kappa shape index (κ3) is 26.3. The predicted molar refractivity (Wildman–Crippen MR) is 402 cm³/mol. The van der Waals surface area contributed by atoms with E-state index in [1.54, 1.807) is 72.8 Å². The lowest BCUT2D eigenvalue weighted by Gasteiger charge is -2.52. The van der Waals surface area contributed by atoms with Crippen LogP contribution in [-0.2, 0) is 99.5 Å². The fraction of sp³-hybridized carbons (Fsp3) is 0.655. The van der Waals surface area contributed by atoms with Gasteiger partial charge in [0.15, 0.2) is 55.7 Å². The number of methoxy groups -OCH3 is 1. The van der Waals surface area contributed by atoms with Crippen molar-refractivity contribution in [3.63, 3.8) is 0 Å². The molecule has 1 N–H and O–H groups in total. The van der Waals surface area contributed by atoms with Crippen molar-refractivity contribution >= 4 is 29.8 Å². The van der Waals surface area contributed by atoms with E-state index in [2.05, 4.69) is 20.8 Å². The number of hydrogen-bond donors (Lipinski definition) is 1. The van der Waals surface area contributed by atoms with Crippen LogP contribution >= 0.6 is 0 Å². The van der Waals surface area contributed by atoms with Crippen molar-refractivity contribution in [1.29, 1.82) is 0 Å². The third-order valence-electron chi connectivity index (χ3n) is 19.1. The summed E-state index contributed by atoms with van der Waals surface area (Å²) < 4.78 is 135. The lowest BCUT2D eigenvalue weighted by molar-refractivity contribution is -0.394. The minimum atomic E-state index is -2.09. The van der Waals surface area contributed by atoms with Gasteiger partial charge in [0.05, 0.1) is 49.2 Å². The number of aliphatic hydroxyl groups is 1. The van der Waals surface area contributed by atoms with Crippen molar-refractivity contribution in [2.45, 2.75) is 275 Å². The van der Waals surface area contributed by atoms with Gasteiger partial charge in [-0.2, -0.15) is 0 Å². The Hall–Kier alpha value is -6.41. The summed E-state index contributed by atoms with van der Waals surface area (Å²) in [4.78, 5) is 73.5. The molecule has 8 unspecified atom stereocenters. The second-order valence-electron chi connectivity index (χ2n) is 27.7. The van der Waals surface area contributed by atoms with Crippen LogP contribution in [0.1, 0.15) is 193 Å². The van der Waals surface area contributed by atoms with Crippen LogP contribution in [0.5, 0.6) is 0 Å². The summed E-state index contributed by atoms with van der Waals surface area (Å²) in [7, 11) is 1.06. The van der Waals surface area contributed by atoms with E-state index in [0.29, 0.717) is 71.6 Å². The van der Waals surface area contributed by atoms with Gasteiger partial charge in [0.1, 0.15) is 67.1 Å². The number of esters is 5. The molecule has 110 heavy (non-hydrogen) atoms. The highest BCUT2D eigenvalue weighted by Crippen LogP contribution is 2.41. The number of carbonyl (C=O) groups is 5. The summed E-state index contributed by atoms with van der Waals surface area (Å²) in [5, 5.41) is 12.3. The van der Waals surface area contributed by atoms with E-state index in [1.807, 2.05) is 34.6 Å². The SMILES string of the molecule is CCCCOCC1O[C@@H](O[C@@H]2C(COCCCC)O[C@H](O[C@H]3C(COCCCC)O[C@H](OCCC)C(OCCCC)[C@H]3OCCCC)C(OCCCC)[C@H]2OCCCC)[C@@H](OC(=O)c2ccccc2)C(OC(=O)c2ccccc2)[C@@H]1O[C@@H]1OC(C(=O)OC)[C@@H](O)C(OC(=O)c2ccccc2)[C@@H]1OC(=O)c1ccccc1. The average molecular weight is 1550 g/mol. The molecule has 26 heteroatoms. The molecule has 0 saturated carbocycles. The molecule has 26 nitrogen and oxygen atoms in total. The second kappa shape index (κ2) is 49.3. The quantitative estimate of drug-likeness (QED) is 0.0244. The van der Waals surface area contributed by atoms with Gasteiger partial charge >= 0.3 is 29.8 Å². The zero-order chi connectivity index (χ0) is 78.4. The van der Waals surface area contributed by atoms with Crippen LogP contribution in [0.3, 0.4) is 0 Å². The van der Waals surface area contributed by atoms with E-state index < -0.39 is 153 Å². The maximum Gasteiger partial charge on any atom is 0.338 e. The second-order valence-corrected chi connectivity index (χ2v) is 27.7. The summed E-state index contributed by atoms with van der Waals surface area (Å²) in [6.45, 7) is 18.5. The summed E-state index contributed by atoms with van der Waals surface area (Å²) in [6, 6.07) is 31.7. The molecule has 0 bridgehead atoms.